The zero-order valence-electron chi connectivity index (χ0n) is 19.5. The van der Waals surface area contributed by atoms with E-state index in [-0.39, 0.29) is 17.7 Å². The van der Waals surface area contributed by atoms with Crippen LogP contribution in [0.25, 0.3) is 0 Å². The molecule has 2 aliphatic heterocycles. The van der Waals surface area contributed by atoms with Crippen molar-refractivity contribution in [1.82, 2.24) is 15.3 Å². The monoisotopic (exact) mass is 521 g/mol. The van der Waals surface area contributed by atoms with Gasteiger partial charge in [0.1, 0.15) is 24.2 Å². The highest BCUT2D eigenvalue weighted by molar-refractivity contribution is 6.35. The summed E-state index contributed by atoms with van der Waals surface area (Å²) >= 11 is 12.4. The van der Waals surface area contributed by atoms with Crippen molar-refractivity contribution in [2.45, 2.75) is 19.4 Å². The smallest absolute Gasteiger partial charge is 0.146 e. The first-order chi connectivity index (χ1) is 17.4. The maximum Gasteiger partial charge on any atom is 0.146 e. The quantitative estimate of drug-likeness (QED) is 0.323. The fourth-order valence-electron chi connectivity index (χ4n) is 4.87. The summed E-state index contributed by atoms with van der Waals surface area (Å²) in [6, 6.07) is 9.05. The summed E-state index contributed by atoms with van der Waals surface area (Å²) in [6.07, 6.45) is 7.01. The molecule has 8 nitrogen and oxygen atoms in total. The zero-order chi connectivity index (χ0) is 25.3. The molecule has 0 radical (unpaired) electrons. The number of nitriles is 1. The highest BCUT2D eigenvalue weighted by atomic mass is 35.5. The number of halogens is 2. The van der Waals surface area contributed by atoms with Crippen LogP contribution < -0.4 is 20.7 Å². The fraction of sp³-hybridized carbons (Fsp3) is 0.308. The molecule has 36 heavy (non-hydrogen) atoms. The highest BCUT2D eigenvalue weighted by Crippen LogP contribution is 2.39. The van der Waals surface area contributed by atoms with Gasteiger partial charge in [0.05, 0.1) is 21.3 Å². The van der Waals surface area contributed by atoms with E-state index in [1.165, 1.54) is 25.2 Å². The number of piperidine rings is 1. The molecule has 0 saturated carbocycles. The van der Waals surface area contributed by atoms with Crippen molar-refractivity contribution in [3.8, 4) is 11.8 Å². The van der Waals surface area contributed by atoms with E-state index in [2.05, 4.69) is 26.3 Å². The third-order valence-electron chi connectivity index (χ3n) is 6.82. The first-order valence-electron chi connectivity index (χ1n) is 11.6. The van der Waals surface area contributed by atoms with E-state index in [0.29, 0.717) is 49.6 Å². The van der Waals surface area contributed by atoms with Gasteiger partial charge in [-0.25, -0.2) is 4.98 Å². The summed E-state index contributed by atoms with van der Waals surface area (Å²) in [7, 11) is 0. The van der Waals surface area contributed by atoms with E-state index < -0.39 is 0 Å². The number of pyridine rings is 2. The van der Waals surface area contributed by atoms with Crippen LogP contribution in [0.3, 0.4) is 0 Å². The van der Waals surface area contributed by atoms with Crippen LogP contribution in [-0.2, 0) is 6.61 Å². The predicted molar refractivity (Wildman–Crippen MR) is 141 cm³/mol. The Kier molecular flexibility index (Phi) is 6.71. The Bertz CT molecular complexity index is 1340. The van der Waals surface area contributed by atoms with Gasteiger partial charge in [-0.1, -0.05) is 23.2 Å². The molecule has 1 spiro atoms. The van der Waals surface area contributed by atoms with Crippen LogP contribution in [0.1, 0.15) is 35.1 Å². The Hall–Kier alpha value is -3.38. The van der Waals surface area contributed by atoms with Gasteiger partial charge in [-0.3, -0.25) is 10.4 Å². The predicted octanol–water partition coefficient (Wildman–Crippen LogP) is 4.42. The Morgan fingerprint density at radius 2 is 2.00 bits per heavy atom. The topological polar surface area (TPSA) is 124 Å². The first-order valence-corrected chi connectivity index (χ1v) is 12.4. The Morgan fingerprint density at radius 3 is 2.69 bits per heavy atom. The van der Waals surface area contributed by atoms with E-state index in [0.717, 1.165) is 26.2 Å². The number of nitrogens with zero attached hydrogens (tertiary/aromatic N) is 4. The standard InChI is InChI=1S/C26H25Cl2N7O/c27-21-10-33-11-22(28)20(21)12-36-18-2-3-23(30)19(7-18)24(31)17-6-16(8-29)25(34-9-17)35-14-26(15-35)4-1-5-32-13-26/h2-3,6-7,9-11,31-32H,1,4-5,12-15,30H2. The first kappa shape index (κ1) is 24.3. The zero-order valence-corrected chi connectivity index (χ0v) is 21.0. The minimum Gasteiger partial charge on any atom is -0.489 e. The van der Waals surface area contributed by atoms with Gasteiger partial charge in [0.25, 0.3) is 0 Å². The molecule has 2 aromatic heterocycles. The molecule has 3 aromatic rings. The molecule has 1 aromatic carbocycles. The summed E-state index contributed by atoms with van der Waals surface area (Å²) in [5.41, 5.74) is 9.11. The summed E-state index contributed by atoms with van der Waals surface area (Å²) < 4.78 is 5.88. The molecule has 4 heterocycles. The number of hydrogen-bond acceptors (Lipinski definition) is 8. The van der Waals surface area contributed by atoms with Gasteiger partial charge >= 0.3 is 0 Å². The number of hydrogen-bond donors (Lipinski definition) is 3. The van der Waals surface area contributed by atoms with Crippen molar-refractivity contribution in [2.75, 3.05) is 36.8 Å². The molecule has 2 aliphatic rings. The summed E-state index contributed by atoms with van der Waals surface area (Å²) in [4.78, 5) is 10.7. The number of anilines is 2. The molecule has 5 rings (SSSR count). The number of benzene rings is 1. The molecule has 0 atom stereocenters. The minimum absolute atomic E-state index is 0.137. The van der Waals surface area contributed by atoms with Crippen molar-refractivity contribution in [1.29, 1.82) is 10.7 Å². The number of ether oxygens (including phenoxy) is 1. The molecule has 0 bridgehead atoms. The van der Waals surface area contributed by atoms with Gasteiger partial charge < -0.3 is 20.7 Å². The van der Waals surface area contributed by atoms with Gasteiger partial charge in [-0.2, -0.15) is 5.26 Å². The Morgan fingerprint density at radius 1 is 1.22 bits per heavy atom. The fourth-order valence-corrected chi connectivity index (χ4v) is 5.34. The van der Waals surface area contributed by atoms with Crippen molar-refractivity contribution < 1.29 is 4.74 Å². The molecule has 2 saturated heterocycles. The van der Waals surface area contributed by atoms with Gasteiger partial charge in [-0.15, -0.1) is 0 Å². The molecule has 184 valence electrons. The van der Waals surface area contributed by atoms with E-state index in [9.17, 15) is 5.26 Å². The third kappa shape index (κ3) is 4.70. The van der Waals surface area contributed by atoms with Crippen molar-refractivity contribution in [2.24, 2.45) is 5.41 Å². The number of nitrogens with two attached hydrogens (primary N) is 1. The normalized spacial score (nSPS) is 16.3. The van der Waals surface area contributed by atoms with Crippen molar-refractivity contribution >= 4 is 40.4 Å². The maximum atomic E-state index is 9.82. The van der Waals surface area contributed by atoms with Crippen molar-refractivity contribution in [3.63, 3.8) is 0 Å². The van der Waals surface area contributed by atoms with Crippen LogP contribution in [0.4, 0.5) is 11.5 Å². The molecule has 0 unspecified atom stereocenters. The van der Waals surface area contributed by atoms with Gasteiger partial charge in [-0.05, 0) is 43.7 Å². The highest BCUT2D eigenvalue weighted by Gasteiger charge is 2.44. The molecule has 0 amide bonds. The average Bonchev–Trinajstić information content (AvgIpc) is 2.87. The lowest BCUT2D eigenvalue weighted by Crippen LogP contribution is -2.62. The molecule has 10 heteroatoms. The largest absolute Gasteiger partial charge is 0.489 e. The summed E-state index contributed by atoms with van der Waals surface area (Å²) in [5.74, 6) is 1.17. The van der Waals surface area contributed by atoms with E-state index in [1.807, 2.05) is 0 Å². The van der Waals surface area contributed by atoms with E-state index in [4.69, 9.17) is 39.1 Å². The molecular weight excluding hydrogens is 497 g/mol. The van der Waals surface area contributed by atoms with E-state index in [1.54, 1.807) is 30.5 Å². The Labute approximate surface area is 219 Å². The lowest BCUT2D eigenvalue weighted by molar-refractivity contribution is 0.156. The second-order valence-corrected chi connectivity index (χ2v) is 10.2. The van der Waals surface area contributed by atoms with Crippen LogP contribution >= 0.6 is 23.2 Å². The summed E-state index contributed by atoms with van der Waals surface area (Å²) in [6.45, 7) is 3.98. The summed E-state index contributed by atoms with van der Waals surface area (Å²) in [5, 5.41) is 22.9. The molecule has 2 fully saturated rings. The van der Waals surface area contributed by atoms with Crippen molar-refractivity contribution in [3.05, 3.63) is 75.2 Å². The number of rotatable bonds is 6. The van der Waals surface area contributed by atoms with Gasteiger partial charge in [0.15, 0.2) is 0 Å². The number of nitrogens with one attached hydrogen (secondary N) is 2. The SMILES string of the molecule is N#Cc1cc(C(=N)c2cc(OCc3c(Cl)cncc3Cl)ccc2N)cnc1N1CC2(CCCNC2)C1. The minimum atomic E-state index is 0.137. The number of nitrogen functional groups attached to an aromatic ring is 1. The number of aromatic nitrogens is 2. The molecular formula is C26H25Cl2N7O. The van der Waals surface area contributed by atoms with Crippen LogP contribution in [-0.4, -0.2) is 41.9 Å². The lowest BCUT2D eigenvalue weighted by atomic mass is 9.74. The lowest BCUT2D eigenvalue weighted by Gasteiger charge is -2.53. The van der Waals surface area contributed by atoms with E-state index >= 15 is 0 Å². The second-order valence-electron chi connectivity index (χ2n) is 9.34. The molecule has 0 aliphatic carbocycles. The van der Waals surface area contributed by atoms with Gasteiger partial charge in [0, 0.05) is 66.0 Å². The third-order valence-corrected chi connectivity index (χ3v) is 7.47. The maximum absolute atomic E-state index is 9.82. The second kappa shape index (κ2) is 9.94. The van der Waals surface area contributed by atoms with Crippen LogP contribution in [0.15, 0.2) is 42.9 Å². The Balaban J connectivity index is 1.33. The van der Waals surface area contributed by atoms with Crippen LogP contribution in [0, 0.1) is 22.2 Å². The van der Waals surface area contributed by atoms with Crippen LogP contribution in [0.5, 0.6) is 5.75 Å². The van der Waals surface area contributed by atoms with Crippen LogP contribution in [0.2, 0.25) is 10.0 Å². The van der Waals surface area contributed by atoms with Gasteiger partial charge in [0.2, 0.25) is 0 Å². The molecule has 4 N–H and O–H groups in total. The average molecular weight is 522 g/mol.